The van der Waals surface area contributed by atoms with Crippen LogP contribution in [0.4, 0.5) is 0 Å². The van der Waals surface area contributed by atoms with Gasteiger partial charge in [-0.15, -0.1) is 0 Å². The molecule has 120 valence electrons. The molecule has 0 aliphatic carbocycles. The second kappa shape index (κ2) is 7.74. The minimum atomic E-state index is -0.526. The van der Waals surface area contributed by atoms with Crippen LogP contribution in [-0.4, -0.2) is 48.4 Å². The molecule has 2 aromatic rings. The van der Waals surface area contributed by atoms with Crippen molar-refractivity contribution in [3.63, 3.8) is 0 Å². The molecular formula is C16H21ClN2O3. The Balaban J connectivity index is 2.05. The molecule has 0 spiro atoms. The highest BCUT2D eigenvalue weighted by atomic mass is 35.5. The van der Waals surface area contributed by atoms with Crippen molar-refractivity contribution < 1.29 is 14.3 Å². The van der Waals surface area contributed by atoms with Crippen LogP contribution in [0.3, 0.4) is 0 Å². The zero-order chi connectivity index (χ0) is 16.1. The number of benzene rings is 1. The lowest BCUT2D eigenvalue weighted by atomic mass is 10.1. The Morgan fingerprint density at radius 3 is 2.68 bits per heavy atom. The zero-order valence-corrected chi connectivity index (χ0v) is 13.8. The first-order valence-electron chi connectivity index (χ1n) is 7.07. The molecule has 0 aliphatic heterocycles. The summed E-state index contributed by atoms with van der Waals surface area (Å²) in [6, 6.07) is 7.47. The average Bonchev–Trinajstić information content (AvgIpc) is 2.80. The summed E-state index contributed by atoms with van der Waals surface area (Å²) in [7, 11) is 3.47. The maximum Gasteiger partial charge on any atom is 0.209 e. The van der Waals surface area contributed by atoms with E-state index in [1.807, 2.05) is 43.1 Å². The van der Waals surface area contributed by atoms with Gasteiger partial charge in [-0.25, -0.2) is 4.98 Å². The van der Waals surface area contributed by atoms with E-state index in [0.29, 0.717) is 30.6 Å². The van der Waals surface area contributed by atoms with E-state index in [0.717, 1.165) is 17.0 Å². The van der Waals surface area contributed by atoms with Gasteiger partial charge in [0, 0.05) is 24.2 Å². The number of rotatable bonds is 7. The number of oxazole rings is 1. The highest BCUT2D eigenvalue weighted by Crippen LogP contribution is 2.26. The summed E-state index contributed by atoms with van der Waals surface area (Å²) in [4.78, 5) is 6.39. The molecule has 0 amide bonds. The Hall–Kier alpha value is -1.40. The number of ether oxygens (including phenoxy) is 1. The number of aliphatic hydroxyl groups excluding tert-OH is 1. The van der Waals surface area contributed by atoms with Crippen molar-refractivity contribution >= 4 is 11.6 Å². The average molecular weight is 325 g/mol. The van der Waals surface area contributed by atoms with E-state index in [4.69, 9.17) is 20.8 Å². The number of halogens is 1. The van der Waals surface area contributed by atoms with Crippen LogP contribution in [0.15, 0.2) is 28.7 Å². The number of aliphatic hydroxyl groups is 1. The molecular weight excluding hydrogens is 304 g/mol. The Morgan fingerprint density at radius 1 is 1.36 bits per heavy atom. The Bertz CT molecular complexity index is 598. The van der Waals surface area contributed by atoms with Gasteiger partial charge in [0.2, 0.25) is 5.89 Å². The Labute approximate surface area is 135 Å². The molecule has 0 saturated heterocycles. The molecule has 5 nitrogen and oxygen atoms in total. The summed E-state index contributed by atoms with van der Waals surface area (Å²) >= 11 is 5.90. The SMILES string of the molecule is COCC(O)CN(C)Cc1nc(C)c(-c2ccc(Cl)cc2)o1. The second-order valence-electron chi connectivity index (χ2n) is 5.33. The fraction of sp³-hybridized carbons (Fsp3) is 0.438. The summed E-state index contributed by atoms with van der Waals surface area (Å²) in [5, 5.41) is 10.4. The first-order chi connectivity index (χ1) is 10.5. The van der Waals surface area contributed by atoms with Gasteiger partial charge in [0.05, 0.1) is 24.9 Å². The fourth-order valence-corrected chi connectivity index (χ4v) is 2.42. The Kier molecular flexibility index (Phi) is 5.97. The Morgan fingerprint density at radius 2 is 2.05 bits per heavy atom. The van der Waals surface area contributed by atoms with Crippen LogP contribution in [-0.2, 0) is 11.3 Å². The predicted octanol–water partition coefficient (Wildman–Crippen LogP) is 2.74. The molecule has 0 aliphatic rings. The van der Waals surface area contributed by atoms with Crippen LogP contribution < -0.4 is 0 Å². The van der Waals surface area contributed by atoms with E-state index in [-0.39, 0.29) is 0 Å². The first kappa shape index (κ1) is 17.0. The van der Waals surface area contributed by atoms with Gasteiger partial charge < -0.3 is 14.3 Å². The monoisotopic (exact) mass is 324 g/mol. The van der Waals surface area contributed by atoms with Crippen molar-refractivity contribution in [3.05, 3.63) is 40.9 Å². The van der Waals surface area contributed by atoms with E-state index in [2.05, 4.69) is 4.98 Å². The van der Waals surface area contributed by atoms with Crippen LogP contribution in [0.5, 0.6) is 0 Å². The highest BCUT2D eigenvalue weighted by Gasteiger charge is 2.15. The maximum atomic E-state index is 9.73. The topological polar surface area (TPSA) is 58.7 Å². The smallest absolute Gasteiger partial charge is 0.209 e. The zero-order valence-electron chi connectivity index (χ0n) is 13.0. The summed E-state index contributed by atoms with van der Waals surface area (Å²) in [6.45, 7) is 3.24. The number of methoxy groups -OCH3 is 1. The van der Waals surface area contributed by atoms with Crippen LogP contribution in [0, 0.1) is 6.92 Å². The van der Waals surface area contributed by atoms with E-state index in [1.165, 1.54) is 0 Å². The standard InChI is InChI=1S/C16H21ClN2O3/c1-11-16(12-4-6-13(17)7-5-12)22-15(18-11)9-19(2)8-14(20)10-21-3/h4-7,14,20H,8-10H2,1-3H3. The number of aromatic nitrogens is 1. The molecule has 1 N–H and O–H groups in total. The molecule has 1 atom stereocenters. The van der Waals surface area contributed by atoms with E-state index < -0.39 is 6.10 Å². The number of aryl methyl sites for hydroxylation is 1. The number of likely N-dealkylation sites (N-methyl/N-ethyl adjacent to an activating group) is 1. The maximum absolute atomic E-state index is 9.73. The third-order valence-electron chi connectivity index (χ3n) is 3.23. The van der Waals surface area contributed by atoms with Gasteiger partial charge >= 0.3 is 0 Å². The van der Waals surface area contributed by atoms with Crippen molar-refractivity contribution in [2.24, 2.45) is 0 Å². The van der Waals surface area contributed by atoms with Crippen molar-refractivity contribution in [1.29, 1.82) is 0 Å². The van der Waals surface area contributed by atoms with E-state index >= 15 is 0 Å². The molecule has 2 rings (SSSR count). The normalized spacial score (nSPS) is 12.8. The van der Waals surface area contributed by atoms with Crippen molar-refractivity contribution in [3.8, 4) is 11.3 Å². The van der Waals surface area contributed by atoms with Gasteiger partial charge in [-0.05, 0) is 38.2 Å². The highest BCUT2D eigenvalue weighted by molar-refractivity contribution is 6.30. The fourth-order valence-electron chi connectivity index (χ4n) is 2.29. The molecule has 0 bridgehead atoms. The lowest BCUT2D eigenvalue weighted by Crippen LogP contribution is -2.31. The third-order valence-corrected chi connectivity index (χ3v) is 3.49. The van der Waals surface area contributed by atoms with Gasteiger partial charge in [0.1, 0.15) is 0 Å². The van der Waals surface area contributed by atoms with Crippen LogP contribution >= 0.6 is 11.6 Å². The van der Waals surface area contributed by atoms with Crippen molar-refractivity contribution in [2.75, 3.05) is 27.3 Å². The molecule has 0 saturated carbocycles. The lowest BCUT2D eigenvalue weighted by molar-refractivity contribution is 0.0404. The first-order valence-corrected chi connectivity index (χ1v) is 7.45. The van der Waals surface area contributed by atoms with Crippen molar-refractivity contribution in [2.45, 2.75) is 19.6 Å². The number of hydrogen-bond donors (Lipinski definition) is 1. The van der Waals surface area contributed by atoms with Crippen molar-refractivity contribution in [1.82, 2.24) is 9.88 Å². The van der Waals surface area contributed by atoms with Gasteiger partial charge in [0.15, 0.2) is 5.76 Å². The molecule has 1 aromatic carbocycles. The van der Waals surface area contributed by atoms with Gasteiger partial charge in [0.25, 0.3) is 0 Å². The van der Waals surface area contributed by atoms with E-state index in [9.17, 15) is 5.11 Å². The van der Waals surface area contributed by atoms with Gasteiger partial charge in [-0.2, -0.15) is 0 Å². The summed E-state index contributed by atoms with van der Waals surface area (Å²) < 4.78 is 10.8. The van der Waals surface area contributed by atoms with Crippen LogP contribution in [0.25, 0.3) is 11.3 Å². The van der Waals surface area contributed by atoms with E-state index in [1.54, 1.807) is 7.11 Å². The lowest BCUT2D eigenvalue weighted by Gasteiger charge is -2.18. The molecule has 0 radical (unpaired) electrons. The number of nitrogens with zero attached hydrogens (tertiary/aromatic N) is 2. The minimum Gasteiger partial charge on any atom is -0.439 e. The molecule has 0 fully saturated rings. The molecule has 1 unspecified atom stereocenters. The minimum absolute atomic E-state index is 0.310. The molecule has 1 heterocycles. The number of hydrogen-bond acceptors (Lipinski definition) is 5. The predicted molar refractivity (Wildman–Crippen MR) is 85.9 cm³/mol. The molecule has 22 heavy (non-hydrogen) atoms. The second-order valence-corrected chi connectivity index (χ2v) is 5.77. The summed E-state index contributed by atoms with van der Waals surface area (Å²) in [5.41, 5.74) is 1.78. The van der Waals surface area contributed by atoms with Crippen LogP contribution in [0.2, 0.25) is 5.02 Å². The molecule has 1 aromatic heterocycles. The van der Waals surface area contributed by atoms with Gasteiger partial charge in [-0.1, -0.05) is 11.6 Å². The third kappa shape index (κ3) is 4.55. The van der Waals surface area contributed by atoms with Crippen LogP contribution in [0.1, 0.15) is 11.6 Å². The van der Waals surface area contributed by atoms with Gasteiger partial charge in [-0.3, -0.25) is 4.90 Å². The molecule has 6 heteroatoms. The largest absolute Gasteiger partial charge is 0.439 e. The quantitative estimate of drug-likeness (QED) is 0.848. The summed E-state index contributed by atoms with van der Waals surface area (Å²) in [5.74, 6) is 1.37. The summed E-state index contributed by atoms with van der Waals surface area (Å²) in [6.07, 6.45) is -0.526.